The maximum Gasteiger partial charge on any atom is 0.191 e. The average molecular weight is 389 g/mol. The second kappa shape index (κ2) is 6.39. The highest BCUT2D eigenvalue weighted by molar-refractivity contribution is 5.94. The zero-order valence-electron chi connectivity index (χ0n) is 15.8. The normalized spacial score (nSPS) is 11.5. The van der Waals surface area contributed by atoms with E-state index in [2.05, 4.69) is 16.0 Å². The molecule has 0 saturated carbocycles. The summed E-state index contributed by atoms with van der Waals surface area (Å²) in [5.41, 5.74) is 4.64. The Morgan fingerprint density at radius 2 is 1.77 bits per heavy atom. The topological polar surface area (TPSA) is 71.8 Å². The van der Waals surface area contributed by atoms with E-state index >= 15 is 0 Å². The van der Waals surface area contributed by atoms with E-state index in [4.69, 9.17) is 9.40 Å². The summed E-state index contributed by atoms with van der Waals surface area (Å²) in [6.45, 7) is 0. The number of hydrogen-bond acceptors (Lipinski definition) is 4. The van der Waals surface area contributed by atoms with Gasteiger partial charge in [-0.15, -0.1) is 0 Å². The average Bonchev–Trinajstić information content (AvgIpc) is 3.22. The van der Waals surface area contributed by atoms with Crippen LogP contribution in [0.3, 0.4) is 0 Å². The molecule has 6 aromatic rings. The number of furan rings is 1. The monoisotopic (exact) mass is 389 g/mol. The number of aromatic nitrogens is 3. The lowest BCUT2D eigenvalue weighted by Crippen LogP contribution is -2.03. The molecular weight excluding hydrogens is 374 g/mol. The van der Waals surface area contributed by atoms with Gasteiger partial charge in [0.15, 0.2) is 11.2 Å². The Balaban J connectivity index is 1.68. The van der Waals surface area contributed by atoms with Crippen LogP contribution in [0.2, 0.25) is 0 Å². The van der Waals surface area contributed by atoms with Crippen molar-refractivity contribution in [2.75, 3.05) is 0 Å². The third kappa shape index (κ3) is 2.60. The van der Waals surface area contributed by atoms with Gasteiger partial charge < -0.3 is 9.40 Å². The molecule has 0 saturated heterocycles. The van der Waals surface area contributed by atoms with E-state index in [0.29, 0.717) is 22.5 Å². The number of para-hydroxylation sites is 1. The van der Waals surface area contributed by atoms with Gasteiger partial charge in [0.25, 0.3) is 0 Å². The predicted octanol–water partition coefficient (Wildman–Crippen LogP) is 5.55. The summed E-state index contributed by atoms with van der Waals surface area (Å²) in [5, 5.41) is 2.57. The Kier molecular flexibility index (Phi) is 3.55. The fourth-order valence-electron chi connectivity index (χ4n) is 3.85. The molecule has 2 aromatic carbocycles. The van der Waals surface area contributed by atoms with Crippen LogP contribution in [-0.4, -0.2) is 15.0 Å². The maximum absolute atomic E-state index is 12.5. The Bertz CT molecular complexity index is 1600. The largest absolute Gasteiger partial charge is 0.454 e. The van der Waals surface area contributed by atoms with Gasteiger partial charge in [-0.1, -0.05) is 30.3 Å². The molecule has 142 valence electrons. The molecule has 5 nitrogen and oxygen atoms in total. The lowest BCUT2D eigenvalue weighted by atomic mass is 9.99. The van der Waals surface area contributed by atoms with Crippen LogP contribution >= 0.6 is 0 Å². The van der Waals surface area contributed by atoms with Gasteiger partial charge in [-0.3, -0.25) is 9.78 Å². The first-order chi connectivity index (χ1) is 14.8. The van der Waals surface area contributed by atoms with Crippen LogP contribution in [0.5, 0.6) is 0 Å². The number of aromatic amines is 1. The van der Waals surface area contributed by atoms with Gasteiger partial charge in [-0.2, -0.15) is 0 Å². The zero-order valence-corrected chi connectivity index (χ0v) is 15.8. The standard InChI is InChI=1S/C25H15N3O2/c29-21-9-11-27-25-19(21)14-18(15-7-8-20-16(12-15)5-3-10-26-20)24(28-25)23-13-17-4-1-2-6-22(17)30-23/h1-14H,(H,27,28,29). The minimum absolute atomic E-state index is 0.0730. The molecule has 0 bridgehead atoms. The fourth-order valence-corrected chi connectivity index (χ4v) is 3.85. The third-order valence-electron chi connectivity index (χ3n) is 5.32. The van der Waals surface area contributed by atoms with E-state index in [1.54, 1.807) is 12.4 Å². The van der Waals surface area contributed by atoms with Gasteiger partial charge in [-0.25, -0.2) is 4.98 Å². The highest BCUT2D eigenvalue weighted by atomic mass is 16.3. The molecule has 4 heterocycles. The summed E-state index contributed by atoms with van der Waals surface area (Å²) in [6.07, 6.45) is 3.39. The minimum Gasteiger partial charge on any atom is -0.454 e. The summed E-state index contributed by atoms with van der Waals surface area (Å²) in [6, 6.07) is 23.2. The van der Waals surface area contributed by atoms with E-state index in [0.717, 1.165) is 33.0 Å². The van der Waals surface area contributed by atoms with Crippen LogP contribution in [-0.2, 0) is 0 Å². The second-order valence-electron chi connectivity index (χ2n) is 7.18. The van der Waals surface area contributed by atoms with Crippen LogP contribution < -0.4 is 5.43 Å². The van der Waals surface area contributed by atoms with E-state index in [1.807, 2.05) is 60.7 Å². The Morgan fingerprint density at radius 3 is 2.70 bits per heavy atom. The Hall–Kier alpha value is -4.25. The fraction of sp³-hybridized carbons (Fsp3) is 0. The van der Waals surface area contributed by atoms with Crippen molar-refractivity contribution >= 4 is 32.9 Å². The smallest absolute Gasteiger partial charge is 0.191 e. The lowest BCUT2D eigenvalue weighted by Gasteiger charge is -2.10. The molecule has 0 aliphatic rings. The molecule has 5 heteroatoms. The number of nitrogens with one attached hydrogen (secondary N) is 1. The summed E-state index contributed by atoms with van der Waals surface area (Å²) in [5.74, 6) is 0.657. The van der Waals surface area contributed by atoms with Crippen molar-refractivity contribution in [3.8, 4) is 22.6 Å². The van der Waals surface area contributed by atoms with Crippen molar-refractivity contribution in [1.29, 1.82) is 0 Å². The van der Waals surface area contributed by atoms with E-state index < -0.39 is 0 Å². The quantitative estimate of drug-likeness (QED) is 0.421. The van der Waals surface area contributed by atoms with Crippen LogP contribution in [0.15, 0.2) is 94.4 Å². The van der Waals surface area contributed by atoms with Crippen molar-refractivity contribution < 1.29 is 4.42 Å². The number of hydrogen-bond donors (Lipinski definition) is 1. The van der Waals surface area contributed by atoms with Crippen molar-refractivity contribution in [1.82, 2.24) is 15.0 Å². The van der Waals surface area contributed by atoms with Gasteiger partial charge in [0.05, 0.1) is 10.9 Å². The van der Waals surface area contributed by atoms with Gasteiger partial charge >= 0.3 is 0 Å². The number of pyridine rings is 3. The van der Waals surface area contributed by atoms with Crippen molar-refractivity contribution in [2.45, 2.75) is 0 Å². The third-order valence-corrected chi connectivity index (χ3v) is 5.32. The van der Waals surface area contributed by atoms with Gasteiger partial charge in [0, 0.05) is 34.8 Å². The van der Waals surface area contributed by atoms with Crippen molar-refractivity contribution in [3.05, 3.63) is 95.4 Å². The Labute approximate surface area is 170 Å². The van der Waals surface area contributed by atoms with E-state index in [9.17, 15) is 4.79 Å². The Morgan fingerprint density at radius 1 is 0.867 bits per heavy atom. The van der Waals surface area contributed by atoms with Crippen molar-refractivity contribution in [3.63, 3.8) is 0 Å². The first-order valence-corrected chi connectivity index (χ1v) is 9.63. The number of benzene rings is 2. The molecule has 0 fully saturated rings. The van der Waals surface area contributed by atoms with Crippen LogP contribution in [0.25, 0.3) is 55.5 Å². The lowest BCUT2D eigenvalue weighted by molar-refractivity contribution is 0.629. The first kappa shape index (κ1) is 16.7. The number of rotatable bonds is 2. The first-order valence-electron chi connectivity index (χ1n) is 9.63. The van der Waals surface area contributed by atoms with Gasteiger partial charge in [-0.05, 0) is 42.0 Å². The van der Waals surface area contributed by atoms with Crippen LogP contribution in [0.4, 0.5) is 0 Å². The number of nitrogens with zero attached hydrogens (tertiary/aromatic N) is 2. The molecule has 4 aromatic heterocycles. The number of fused-ring (bicyclic) bond motifs is 3. The molecular formula is C25H15N3O2. The molecule has 0 radical (unpaired) electrons. The highest BCUT2D eigenvalue weighted by Gasteiger charge is 2.17. The molecule has 0 unspecified atom stereocenters. The van der Waals surface area contributed by atoms with Gasteiger partial charge in [0.1, 0.15) is 16.9 Å². The van der Waals surface area contributed by atoms with Crippen LogP contribution in [0.1, 0.15) is 0 Å². The molecule has 0 aliphatic heterocycles. The molecule has 1 N–H and O–H groups in total. The van der Waals surface area contributed by atoms with Crippen molar-refractivity contribution in [2.24, 2.45) is 0 Å². The summed E-state index contributed by atoms with van der Waals surface area (Å²) >= 11 is 0. The molecule has 0 spiro atoms. The highest BCUT2D eigenvalue weighted by Crippen LogP contribution is 2.36. The van der Waals surface area contributed by atoms with Crippen LogP contribution in [0, 0.1) is 0 Å². The van der Waals surface area contributed by atoms with E-state index in [-0.39, 0.29) is 5.43 Å². The summed E-state index contributed by atoms with van der Waals surface area (Å²) in [4.78, 5) is 24.7. The zero-order chi connectivity index (χ0) is 20.1. The minimum atomic E-state index is -0.0730. The summed E-state index contributed by atoms with van der Waals surface area (Å²) in [7, 11) is 0. The molecule has 0 atom stereocenters. The maximum atomic E-state index is 12.5. The molecule has 0 aliphatic carbocycles. The molecule has 0 amide bonds. The van der Waals surface area contributed by atoms with E-state index in [1.165, 1.54) is 6.07 Å². The predicted molar refractivity (Wildman–Crippen MR) is 118 cm³/mol. The molecule has 30 heavy (non-hydrogen) atoms. The molecule has 6 rings (SSSR count). The van der Waals surface area contributed by atoms with Gasteiger partial charge in [0.2, 0.25) is 0 Å². The second-order valence-corrected chi connectivity index (χ2v) is 7.18. The number of H-pyrrole nitrogens is 1. The SMILES string of the molecule is O=c1cc[nH]c2nc(-c3cc4ccccc4o3)c(-c3ccc4ncccc4c3)cc12. The summed E-state index contributed by atoms with van der Waals surface area (Å²) < 4.78 is 6.12.